The second-order valence-corrected chi connectivity index (χ2v) is 7.45. The quantitative estimate of drug-likeness (QED) is 0.714. The highest BCUT2D eigenvalue weighted by Crippen LogP contribution is 2.15. The van der Waals surface area contributed by atoms with E-state index in [1.807, 2.05) is 42.5 Å². The van der Waals surface area contributed by atoms with Gasteiger partial charge in [-0.15, -0.1) is 0 Å². The average molecular weight is 387 g/mol. The average Bonchev–Trinajstić information content (AvgIpc) is 3.17. The zero-order chi connectivity index (χ0) is 18.9. The summed E-state index contributed by atoms with van der Waals surface area (Å²) in [5.41, 5.74) is 2.38. The molecule has 0 aliphatic carbocycles. The van der Waals surface area contributed by atoms with E-state index in [-0.39, 0.29) is 12.0 Å². The standard InChI is InChI=1S/C22H27ClN2O2/c23-20-10-8-18(9-11-20)12-13-24-22(26)17-25(16-21-7-4-14-27-21)15-19-5-2-1-3-6-19/h1-3,5-6,8-11,21H,4,7,12-17H2,(H,24,26). The van der Waals surface area contributed by atoms with Crippen molar-refractivity contribution >= 4 is 17.5 Å². The molecule has 3 rings (SSSR count). The summed E-state index contributed by atoms with van der Waals surface area (Å²) in [7, 11) is 0. The normalized spacial score (nSPS) is 16.6. The zero-order valence-corrected chi connectivity index (χ0v) is 16.3. The molecule has 144 valence electrons. The molecule has 0 saturated carbocycles. The number of carbonyl (C=O) groups excluding carboxylic acids is 1. The van der Waals surface area contributed by atoms with Gasteiger partial charge in [0.2, 0.25) is 5.91 Å². The van der Waals surface area contributed by atoms with Gasteiger partial charge in [0.25, 0.3) is 0 Å². The molecule has 1 heterocycles. The van der Waals surface area contributed by atoms with Crippen LogP contribution in [0.5, 0.6) is 0 Å². The number of hydrogen-bond acceptors (Lipinski definition) is 3. The molecule has 1 fully saturated rings. The SMILES string of the molecule is O=C(CN(Cc1ccccc1)CC1CCCO1)NCCc1ccc(Cl)cc1. The molecule has 1 atom stereocenters. The van der Waals surface area contributed by atoms with Crippen LogP contribution < -0.4 is 5.32 Å². The summed E-state index contributed by atoms with van der Waals surface area (Å²) in [5.74, 6) is 0.0536. The lowest BCUT2D eigenvalue weighted by molar-refractivity contribution is -0.122. The number of carbonyl (C=O) groups is 1. The molecule has 2 aromatic rings. The van der Waals surface area contributed by atoms with E-state index in [4.69, 9.17) is 16.3 Å². The first kappa shape index (κ1) is 19.9. The minimum absolute atomic E-state index is 0.0536. The fourth-order valence-electron chi connectivity index (χ4n) is 3.36. The molecule has 0 aromatic heterocycles. The lowest BCUT2D eigenvalue weighted by Crippen LogP contribution is -2.41. The molecule has 1 N–H and O–H groups in total. The number of rotatable bonds is 9. The van der Waals surface area contributed by atoms with Crippen molar-refractivity contribution in [2.24, 2.45) is 0 Å². The number of amides is 1. The minimum atomic E-state index is 0.0536. The van der Waals surface area contributed by atoms with Crippen LogP contribution in [-0.4, -0.2) is 43.2 Å². The second-order valence-electron chi connectivity index (χ2n) is 7.02. The Morgan fingerprint density at radius 1 is 1.11 bits per heavy atom. The summed E-state index contributed by atoms with van der Waals surface area (Å²) in [6.45, 7) is 3.39. The van der Waals surface area contributed by atoms with Gasteiger partial charge in [0, 0.05) is 31.3 Å². The lowest BCUT2D eigenvalue weighted by Gasteiger charge is -2.24. The molecular formula is C22H27ClN2O2. The third-order valence-corrected chi connectivity index (χ3v) is 5.00. The Labute approximate surface area is 166 Å². The second kappa shape index (κ2) is 10.5. The van der Waals surface area contributed by atoms with E-state index in [2.05, 4.69) is 22.3 Å². The topological polar surface area (TPSA) is 41.6 Å². The van der Waals surface area contributed by atoms with Gasteiger partial charge in [0.1, 0.15) is 0 Å². The van der Waals surface area contributed by atoms with Crippen molar-refractivity contribution in [2.45, 2.75) is 31.9 Å². The molecule has 4 nitrogen and oxygen atoms in total. The van der Waals surface area contributed by atoms with Gasteiger partial charge in [0.15, 0.2) is 0 Å². The maximum absolute atomic E-state index is 12.4. The molecule has 1 aliphatic rings. The molecule has 1 saturated heterocycles. The molecular weight excluding hydrogens is 360 g/mol. The van der Waals surface area contributed by atoms with Gasteiger partial charge in [-0.25, -0.2) is 0 Å². The van der Waals surface area contributed by atoms with E-state index < -0.39 is 0 Å². The summed E-state index contributed by atoms with van der Waals surface area (Å²) < 4.78 is 5.77. The highest BCUT2D eigenvalue weighted by atomic mass is 35.5. The van der Waals surface area contributed by atoms with Crippen molar-refractivity contribution in [3.8, 4) is 0 Å². The van der Waals surface area contributed by atoms with E-state index in [0.717, 1.165) is 44.0 Å². The van der Waals surface area contributed by atoms with Crippen LogP contribution in [-0.2, 0) is 22.5 Å². The van der Waals surface area contributed by atoms with Crippen molar-refractivity contribution in [3.05, 3.63) is 70.7 Å². The van der Waals surface area contributed by atoms with Gasteiger partial charge in [-0.05, 0) is 42.5 Å². The molecule has 0 spiro atoms. The van der Waals surface area contributed by atoms with Gasteiger partial charge in [0.05, 0.1) is 12.6 Å². The molecule has 1 amide bonds. The number of ether oxygens (including phenoxy) is 1. The Kier molecular flexibility index (Phi) is 7.69. The number of benzene rings is 2. The van der Waals surface area contributed by atoms with E-state index in [0.29, 0.717) is 13.1 Å². The fraction of sp³-hybridized carbons (Fsp3) is 0.409. The summed E-state index contributed by atoms with van der Waals surface area (Å²) >= 11 is 5.90. The minimum Gasteiger partial charge on any atom is -0.377 e. The third-order valence-electron chi connectivity index (χ3n) is 4.75. The lowest BCUT2D eigenvalue weighted by atomic mass is 10.1. The Bertz CT molecular complexity index is 700. The van der Waals surface area contributed by atoms with Crippen LogP contribution >= 0.6 is 11.6 Å². The molecule has 2 aromatic carbocycles. The first-order chi connectivity index (χ1) is 13.2. The maximum atomic E-state index is 12.4. The first-order valence-electron chi connectivity index (χ1n) is 9.58. The fourth-order valence-corrected chi connectivity index (χ4v) is 3.49. The van der Waals surface area contributed by atoms with Gasteiger partial charge in [-0.3, -0.25) is 9.69 Å². The van der Waals surface area contributed by atoms with Crippen molar-refractivity contribution in [3.63, 3.8) is 0 Å². The monoisotopic (exact) mass is 386 g/mol. The molecule has 1 aliphatic heterocycles. The van der Waals surface area contributed by atoms with Crippen molar-refractivity contribution in [1.29, 1.82) is 0 Å². The van der Waals surface area contributed by atoms with Crippen molar-refractivity contribution in [2.75, 3.05) is 26.2 Å². The smallest absolute Gasteiger partial charge is 0.234 e. The highest BCUT2D eigenvalue weighted by molar-refractivity contribution is 6.30. The van der Waals surface area contributed by atoms with Crippen LogP contribution in [0.4, 0.5) is 0 Å². The Hall–Kier alpha value is -1.88. The van der Waals surface area contributed by atoms with Gasteiger partial charge in [-0.2, -0.15) is 0 Å². The summed E-state index contributed by atoms with van der Waals surface area (Å²) in [6, 6.07) is 18.0. The Balaban J connectivity index is 1.48. The van der Waals surface area contributed by atoms with Gasteiger partial charge >= 0.3 is 0 Å². The molecule has 0 bridgehead atoms. The van der Waals surface area contributed by atoms with Crippen LogP contribution in [0.15, 0.2) is 54.6 Å². The van der Waals surface area contributed by atoms with Gasteiger partial charge < -0.3 is 10.1 Å². The number of halogens is 1. The molecule has 27 heavy (non-hydrogen) atoms. The van der Waals surface area contributed by atoms with Crippen LogP contribution in [0.3, 0.4) is 0 Å². The molecule has 5 heteroatoms. The third kappa shape index (κ3) is 6.98. The Morgan fingerprint density at radius 3 is 2.59 bits per heavy atom. The molecule has 1 unspecified atom stereocenters. The number of nitrogens with zero attached hydrogens (tertiary/aromatic N) is 1. The predicted octanol–water partition coefficient (Wildman–Crippen LogP) is 3.68. The zero-order valence-electron chi connectivity index (χ0n) is 15.6. The predicted molar refractivity (Wildman–Crippen MR) is 109 cm³/mol. The van der Waals surface area contributed by atoms with Crippen LogP contribution in [0.25, 0.3) is 0 Å². The van der Waals surface area contributed by atoms with Crippen molar-refractivity contribution in [1.82, 2.24) is 10.2 Å². The largest absolute Gasteiger partial charge is 0.377 e. The van der Waals surface area contributed by atoms with Crippen LogP contribution in [0.1, 0.15) is 24.0 Å². The van der Waals surface area contributed by atoms with Crippen molar-refractivity contribution < 1.29 is 9.53 Å². The van der Waals surface area contributed by atoms with E-state index in [9.17, 15) is 4.79 Å². The number of hydrogen-bond donors (Lipinski definition) is 1. The maximum Gasteiger partial charge on any atom is 0.234 e. The van der Waals surface area contributed by atoms with Crippen LogP contribution in [0.2, 0.25) is 5.02 Å². The van der Waals surface area contributed by atoms with E-state index >= 15 is 0 Å². The van der Waals surface area contributed by atoms with Gasteiger partial charge in [-0.1, -0.05) is 54.1 Å². The van der Waals surface area contributed by atoms with E-state index in [1.165, 1.54) is 11.1 Å². The van der Waals surface area contributed by atoms with E-state index in [1.54, 1.807) is 0 Å². The summed E-state index contributed by atoms with van der Waals surface area (Å²) in [5, 5.41) is 3.76. The highest BCUT2D eigenvalue weighted by Gasteiger charge is 2.21. The summed E-state index contributed by atoms with van der Waals surface area (Å²) in [4.78, 5) is 14.6. The van der Waals surface area contributed by atoms with Crippen LogP contribution in [0, 0.1) is 0 Å². The number of nitrogens with one attached hydrogen (secondary N) is 1. The molecule has 0 radical (unpaired) electrons. The summed E-state index contributed by atoms with van der Waals surface area (Å²) in [6.07, 6.45) is 3.21. The Morgan fingerprint density at radius 2 is 1.89 bits per heavy atom. The first-order valence-corrected chi connectivity index (χ1v) is 9.96.